The van der Waals surface area contributed by atoms with Crippen LogP contribution in [0.4, 0.5) is 0 Å². The van der Waals surface area contributed by atoms with Crippen LogP contribution in [0.3, 0.4) is 0 Å². The molecule has 0 aliphatic carbocycles. The second-order valence-corrected chi connectivity index (χ2v) is 7.34. The second-order valence-electron chi connectivity index (χ2n) is 2.14. The van der Waals surface area contributed by atoms with Crippen molar-refractivity contribution >= 4 is 60.7 Å². The summed E-state index contributed by atoms with van der Waals surface area (Å²) in [7, 11) is 0. The van der Waals surface area contributed by atoms with Crippen molar-refractivity contribution < 1.29 is 88.7 Å². The molecule has 3 nitrogen and oxygen atoms in total. The van der Waals surface area contributed by atoms with Crippen LogP contribution in [0.15, 0.2) is 33.2 Å². The third kappa shape index (κ3) is 18.9. The fraction of sp³-hybridized carbons (Fsp3) is 0. The molecule has 3 heterocycles. The summed E-state index contributed by atoms with van der Waals surface area (Å²) in [6.45, 7) is 0. The van der Waals surface area contributed by atoms with Crippen molar-refractivity contribution in [3.05, 3.63) is 49.1 Å². The van der Waals surface area contributed by atoms with Crippen LogP contribution in [0.25, 0.3) is 16.0 Å². The zero-order valence-corrected chi connectivity index (χ0v) is 22.5. The fourth-order valence-electron chi connectivity index (χ4n) is 0.577. The summed E-state index contributed by atoms with van der Waals surface area (Å²) in [4.78, 5) is 12.2. The van der Waals surface area contributed by atoms with Gasteiger partial charge in [-0.05, 0) is 0 Å². The van der Waals surface area contributed by atoms with Crippen LogP contribution in [0.1, 0.15) is 0 Å². The average molecular weight is 453 g/mol. The van der Waals surface area contributed by atoms with E-state index in [0.29, 0.717) is 45.9 Å². The van der Waals surface area contributed by atoms with E-state index in [9.17, 15) is 0 Å². The molecule has 9 heteroatoms. The second kappa shape index (κ2) is 22.2. The van der Waals surface area contributed by atoms with E-state index in [-0.39, 0.29) is 88.7 Å². The first-order valence-electron chi connectivity index (χ1n) is 4.10. The van der Waals surface area contributed by atoms with Crippen molar-refractivity contribution in [3.8, 4) is 0 Å². The van der Waals surface area contributed by atoms with E-state index >= 15 is 0 Å². The maximum atomic E-state index is 3.82. The molecule has 78 valence electrons. The Morgan fingerprint density at radius 1 is 0.500 bits per heavy atom. The normalized spacial score (nSPS) is 16.0. The zero-order valence-electron chi connectivity index (χ0n) is 10.9. The third-order valence-electron chi connectivity index (χ3n) is 1.12. The van der Waals surface area contributed by atoms with E-state index in [1.807, 2.05) is 33.4 Å². The van der Waals surface area contributed by atoms with E-state index in [2.05, 4.69) is 30.5 Å². The van der Waals surface area contributed by atoms with Crippen LogP contribution in [0, 0.1) is 0 Å². The van der Waals surface area contributed by atoms with Gasteiger partial charge in [0.2, 0.25) is 0 Å². The van der Waals surface area contributed by atoms with Gasteiger partial charge in [0.05, 0.1) is 0 Å². The number of rotatable bonds is 0. The van der Waals surface area contributed by atoms with Crippen LogP contribution >= 0.6 is 0 Å². The Morgan fingerprint density at radius 3 is 0.833 bits per heavy atom. The summed E-state index contributed by atoms with van der Waals surface area (Å²) in [5.74, 6) is 0. The minimum absolute atomic E-state index is 0. The molecule has 0 fully saturated rings. The first-order chi connectivity index (χ1) is 7.50. The summed E-state index contributed by atoms with van der Waals surface area (Å²) >= 11 is 1.15. The zero-order chi connectivity index (χ0) is 10.6. The molecular formula is C9H9As3N3Na3. The Labute approximate surface area is 194 Å². The Balaban J connectivity index is -0.000000173. The largest absolute Gasteiger partial charge is 1.00 e. The van der Waals surface area contributed by atoms with Gasteiger partial charge in [0.15, 0.2) is 0 Å². The van der Waals surface area contributed by atoms with Gasteiger partial charge in [-0.25, -0.2) is 0 Å². The van der Waals surface area contributed by atoms with Crippen molar-refractivity contribution in [2.24, 2.45) is 0 Å². The van der Waals surface area contributed by atoms with Gasteiger partial charge in [0.25, 0.3) is 0 Å². The van der Waals surface area contributed by atoms with Crippen LogP contribution < -0.4 is 88.7 Å². The molecule has 3 aliphatic heterocycles. The van der Waals surface area contributed by atoms with Crippen molar-refractivity contribution in [3.63, 3.8) is 0 Å². The van der Waals surface area contributed by atoms with Gasteiger partial charge >= 0.3 is 199 Å². The maximum absolute atomic E-state index is 3.82. The molecule has 0 radical (unpaired) electrons. The molecule has 0 unspecified atom stereocenters. The van der Waals surface area contributed by atoms with E-state index < -0.39 is 0 Å². The Hall–Kier alpha value is 2.91. The van der Waals surface area contributed by atoms with Crippen LogP contribution in [0.2, 0.25) is 0 Å². The third-order valence-corrected chi connectivity index (χ3v) is 4.72. The summed E-state index contributed by atoms with van der Waals surface area (Å²) in [6.07, 6.45) is 5.54. The Morgan fingerprint density at radius 2 is 0.778 bits per heavy atom. The van der Waals surface area contributed by atoms with Gasteiger partial charge in [0, 0.05) is 0 Å². The molecule has 0 spiro atoms. The predicted octanol–water partition coefficient (Wildman–Crippen LogP) is -8.06. The fourth-order valence-corrected chi connectivity index (χ4v) is 3.00. The smallest absolute Gasteiger partial charge is 1.00 e. The Kier molecular flexibility index (Phi) is 31.9. The molecule has 0 amide bonds. The van der Waals surface area contributed by atoms with E-state index in [4.69, 9.17) is 0 Å². The number of nitrogens with zero attached hydrogens (tertiary/aromatic N) is 3. The van der Waals surface area contributed by atoms with Crippen molar-refractivity contribution in [1.82, 2.24) is 0 Å². The molecule has 0 saturated carbocycles. The minimum Gasteiger partial charge on any atom is 1.00 e. The molecule has 18 heavy (non-hydrogen) atoms. The summed E-state index contributed by atoms with van der Waals surface area (Å²) in [5.41, 5.74) is 0. The molecule has 0 saturated heterocycles. The van der Waals surface area contributed by atoms with E-state index in [1.165, 1.54) is 0 Å². The molecule has 0 aromatic carbocycles. The van der Waals surface area contributed by atoms with Gasteiger partial charge in [0.1, 0.15) is 0 Å². The Bertz CT molecular complexity index is 259. The van der Waals surface area contributed by atoms with Gasteiger partial charge in [-0.1, -0.05) is 0 Å². The molecule has 3 aliphatic rings. The number of hydrogen-bond donors (Lipinski definition) is 0. The quantitative estimate of drug-likeness (QED) is 0.328. The molecule has 0 aromatic heterocycles. The summed E-state index contributed by atoms with van der Waals surface area (Å²) in [5, 5.41) is 11.5. The van der Waals surface area contributed by atoms with Gasteiger partial charge in [-0.15, -0.1) is 0 Å². The monoisotopic (exact) mass is 453 g/mol. The number of hydrogen-bond acceptors (Lipinski definition) is 0. The molecule has 0 bridgehead atoms. The molecule has 0 aromatic rings. The van der Waals surface area contributed by atoms with Gasteiger partial charge < -0.3 is 0 Å². The maximum Gasteiger partial charge on any atom is 1.00 e. The topological polar surface area (TPSA) is 42.3 Å². The summed E-state index contributed by atoms with van der Waals surface area (Å²) in [6, 6.07) is 0. The van der Waals surface area contributed by atoms with Gasteiger partial charge in [-0.2, -0.15) is 0 Å². The average Bonchev–Trinajstić information content (AvgIpc) is 3.09. The van der Waals surface area contributed by atoms with E-state index in [0.717, 1.165) is 0 Å². The van der Waals surface area contributed by atoms with Crippen LogP contribution in [0.5, 0.6) is 0 Å². The molecule has 0 atom stereocenters. The van der Waals surface area contributed by atoms with Gasteiger partial charge in [-0.3, -0.25) is 0 Å². The molecular weight excluding hydrogens is 444 g/mol. The standard InChI is InChI=1S/3C3H3AsN.3Na/c3*1-2-5-3-4-1;;;/h3*1-3H;;;/q3*-1;3*+1. The van der Waals surface area contributed by atoms with E-state index in [1.54, 1.807) is 0 Å². The van der Waals surface area contributed by atoms with Crippen molar-refractivity contribution in [2.45, 2.75) is 0 Å². The molecule has 3 rings (SSSR count). The predicted molar refractivity (Wildman–Crippen MR) is 73.0 cm³/mol. The van der Waals surface area contributed by atoms with Crippen molar-refractivity contribution in [1.29, 1.82) is 0 Å². The minimum atomic E-state index is 0. The SMILES string of the molecule is C1=C[As]=C[N-]1.C1=C[As]=C[N-]1.C1=C[As]=C[N-]1.[Na+].[Na+].[Na+]. The van der Waals surface area contributed by atoms with Crippen molar-refractivity contribution in [2.75, 3.05) is 0 Å². The first kappa shape index (κ1) is 25.8. The molecule has 0 N–H and O–H groups in total. The van der Waals surface area contributed by atoms with Crippen LogP contribution in [-0.2, 0) is 0 Å². The van der Waals surface area contributed by atoms with Crippen LogP contribution in [-0.4, -0.2) is 60.7 Å². The summed E-state index contributed by atoms with van der Waals surface area (Å²) < 4.78 is 0. The first-order valence-corrected chi connectivity index (χ1v) is 10.6.